The molecule has 3 rings (SSSR count). The summed E-state index contributed by atoms with van der Waals surface area (Å²) in [4.78, 5) is 4.63. The molecule has 8 heteroatoms. The summed E-state index contributed by atoms with van der Waals surface area (Å²) in [6, 6.07) is 12.4. The van der Waals surface area contributed by atoms with Crippen LogP contribution in [0.4, 0.5) is 5.82 Å². The van der Waals surface area contributed by atoms with Gasteiger partial charge in [0.25, 0.3) is 0 Å². The number of rotatable bonds is 7. The lowest BCUT2D eigenvalue weighted by molar-refractivity contribution is 0.743. The number of aryl methyl sites for hydroxylation is 1. The highest BCUT2D eigenvalue weighted by Crippen LogP contribution is 2.28. The molecule has 1 aromatic carbocycles. The maximum Gasteiger partial charge on any atom is 0.191 e. The summed E-state index contributed by atoms with van der Waals surface area (Å²) in [5.74, 6) is 1.97. The number of nitriles is 1. The lowest BCUT2D eigenvalue weighted by Crippen LogP contribution is -2.39. The molecule has 7 nitrogen and oxygen atoms in total. The fourth-order valence-electron chi connectivity index (χ4n) is 3.00. The van der Waals surface area contributed by atoms with Crippen molar-refractivity contribution in [3.63, 3.8) is 0 Å². The Morgan fingerprint density at radius 1 is 1.39 bits per heavy atom. The zero-order chi connectivity index (χ0) is 19.2. The summed E-state index contributed by atoms with van der Waals surface area (Å²) in [5.41, 5.74) is 8.18. The Labute approximate surface area is 183 Å². The zero-order valence-electron chi connectivity index (χ0n) is 16.4. The van der Waals surface area contributed by atoms with E-state index in [0.717, 1.165) is 36.2 Å². The van der Waals surface area contributed by atoms with Gasteiger partial charge in [0.05, 0.1) is 11.4 Å². The number of nitrogen functional groups attached to an aromatic ring is 1. The van der Waals surface area contributed by atoms with Gasteiger partial charge in [0.1, 0.15) is 17.5 Å². The largest absolute Gasteiger partial charge is 0.382 e. The van der Waals surface area contributed by atoms with Crippen LogP contribution in [0.15, 0.2) is 35.3 Å². The Hall–Kier alpha value is -2.28. The number of nitrogens with two attached hydrogens (primary N) is 1. The van der Waals surface area contributed by atoms with Gasteiger partial charge in [-0.05, 0) is 44.2 Å². The number of nitrogens with one attached hydrogen (secondary N) is 2. The van der Waals surface area contributed by atoms with E-state index in [1.165, 1.54) is 6.42 Å². The first-order valence-electron chi connectivity index (χ1n) is 9.51. The van der Waals surface area contributed by atoms with Crippen molar-refractivity contribution in [2.45, 2.75) is 39.2 Å². The van der Waals surface area contributed by atoms with E-state index in [1.807, 2.05) is 30.3 Å². The lowest BCUT2D eigenvalue weighted by atomic mass is 10.1. The van der Waals surface area contributed by atoms with Crippen LogP contribution in [0.1, 0.15) is 37.9 Å². The average Bonchev–Trinajstić information content (AvgIpc) is 3.27. The summed E-state index contributed by atoms with van der Waals surface area (Å²) < 4.78 is 1.64. The third-order valence-electron chi connectivity index (χ3n) is 4.72. The number of para-hydroxylation sites is 1. The number of benzene rings is 1. The minimum absolute atomic E-state index is 0. The predicted molar refractivity (Wildman–Crippen MR) is 123 cm³/mol. The first-order valence-corrected chi connectivity index (χ1v) is 9.51. The molecule has 2 unspecified atom stereocenters. The number of hydrogen-bond donors (Lipinski definition) is 3. The third kappa shape index (κ3) is 5.38. The molecule has 28 heavy (non-hydrogen) atoms. The van der Waals surface area contributed by atoms with Crippen molar-refractivity contribution in [3.05, 3.63) is 41.6 Å². The highest BCUT2D eigenvalue weighted by molar-refractivity contribution is 14.0. The molecule has 0 aliphatic heterocycles. The number of anilines is 1. The summed E-state index contributed by atoms with van der Waals surface area (Å²) in [6.07, 6.45) is 2.67. The predicted octanol–water partition coefficient (Wildman–Crippen LogP) is 2.84. The second-order valence-electron chi connectivity index (χ2n) is 6.89. The molecule has 0 spiro atoms. The maximum atomic E-state index is 9.47. The number of halogens is 1. The molecule has 0 saturated heterocycles. The minimum Gasteiger partial charge on any atom is -0.382 e. The SMILES string of the molecule is CCNC(=NCCCc1nn(-c2ccccc2)c(N)c1C#N)NC1CC1C.I. The molecule has 1 fully saturated rings. The van der Waals surface area contributed by atoms with E-state index < -0.39 is 0 Å². The molecule has 1 aliphatic carbocycles. The highest BCUT2D eigenvalue weighted by atomic mass is 127. The van der Waals surface area contributed by atoms with Crippen LogP contribution in [0.5, 0.6) is 0 Å². The molecule has 1 heterocycles. The van der Waals surface area contributed by atoms with Crippen LogP contribution in [0.25, 0.3) is 5.69 Å². The third-order valence-corrected chi connectivity index (χ3v) is 4.72. The standard InChI is InChI=1S/C20H27N7.HI/c1-3-23-20(25-18-12-14(18)2)24-11-7-10-17-16(13-21)19(22)27(26-17)15-8-5-4-6-9-15;/h4-6,8-9,14,18H,3,7,10-12,22H2,1-2H3,(H2,23,24,25);1H. The van der Waals surface area contributed by atoms with E-state index >= 15 is 0 Å². The summed E-state index contributed by atoms with van der Waals surface area (Å²) in [7, 11) is 0. The Morgan fingerprint density at radius 3 is 2.71 bits per heavy atom. The van der Waals surface area contributed by atoms with Gasteiger partial charge in [-0.2, -0.15) is 10.4 Å². The lowest BCUT2D eigenvalue weighted by Gasteiger charge is -2.10. The molecule has 1 aromatic heterocycles. The normalized spacial score (nSPS) is 18.1. The van der Waals surface area contributed by atoms with E-state index in [-0.39, 0.29) is 24.0 Å². The molecule has 1 saturated carbocycles. The molecule has 2 aromatic rings. The van der Waals surface area contributed by atoms with Crippen molar-refractivity contribution in [3.8, 4) is 11.8 Å². The number of nitrogens with zero attached hydrogens (tertiary/aromatic N) is 4. The van der Waals surface area contributed by atoms with E-state index in [9.17, 15) is 5.26 Å². The van der Waals surface area contributed by atoms with Crippen molar-refractivity contribution in [1.29, 1.82) is 5.26 Å². The van der Waals surface area contributed by atoms with Gasteiger partial charge in [-0.3, -0.25) is 4.99 Å². The topological polar surface area (TPSA) is 104 Å². The molecule has 0 radical (unpaired) electrons. The summed E-state index contributed by atoms with van der Waals surface area (Å²) in [5, 5.41) is 20.8. The Bertz CT molecular complexity index is 838. The number of guanidine groups is 1. The van der Waals surface area contributed by atoms with Gasteiger partial charge in [-0.25, -0.2) is 4.68 Å². The first-order chi connectivity index (χ1) is 13.1. The number of aromatic nitrogens is 2. The van der Waals surface area contributed by atoms with Gasteiger partial charge in [-0.1, -0.05) is 25.1 Å². The van der Waals surface area contributed by atoms with Crippen molar-refractivity contribution in [1.82, 2.24) is 20.4 Å². The van der Waals surface area contributed by atoms with Crippen molar-refractivity contribution < 1.29 is 0 Å². The van der Waals surface area contributed by atoms with E-state index in [2.05, 4.69) is 40.6 Å². The quantitative estimate of drug-likeness (QED) is 0.238. The van der Waals surface area contributed by atoms with Crippen molar-refractivity contribution in [2.75, 3.05) is 18.8 Å². The van der Waals surface area contributed by atoms with E-state index in [0.29, 0.717) is 30.4 Å². The van der Waals surface area contributed by atoms with Crippen molar-refractivity contribution >= 4 is 35.8 Å². The van der Waals surface area contributed by atoms with Gasteiger partial charge < -0.3 is 16.4 Å². The van der Waals surface area contributed by atoms with Gasteiger partial charge in [0.15, 0.2) is 5.96 Å². The molecular formula is C20H28IN7. The van der Waals surface area contributed by atoms with Crippen LogP contribution in [-0.2, 0) is 6.42 Å². The molecular weight excluding hydrogens is 465 g/mol. The van der Waals surface area contributed by atoms with Crippen LogP contribution in [0.3, 0.4) is 0 Å². The van der Waals surface area contributed by atoms with Crippen LogP contribution in [0, 0.1) is 17.2 Å². The fourth-order valence-corrected chi connectivity index (χ4v) is 3.00. The Balaban J connectivity index is 0.00000280. The Kier molecular flexibility index (Phi) is 8.11. The second kappa shape index (κ2) is 10.3. The number of hydrogen-bond acceptors (Lipinski definition) is 4. The smallest absolute Gasteiger partial charge is 0.191 e. The fraction of sp³-hybridized carbons (Fsp3) is 0.450. The molecule has 0 amide bonds. The number of aliphatic imine (C=N–C) groups is 1. The van der Waals surface area contributed by atoms with Crippen LogP contribution in [0.2, 0.25) is 0 Å². The minimum atomic E-state index is 0. The highest BCUT2D eigenvalue weighted by Gasteiger charge is 2.33. The van der Waals surface area contributed by atoms with Crippen LogP contribution >= 0.6 is 24.0 Å². The summed E-state index contributed by atoms with van der Waals surface area (Å²) in [6.45, 7) is 5.80. The molecule has 0 bridgehead atoms. The van der Waals surface area contributed by atoms with Gasteiger partial charge in [0.2, 0.25) is 0 Å². The van der Waals surface area contributed by atoms with Crippen molar-refractivity contribution in [2.24, 2.45) is 10.9 Å². The van der Waals surface area contributed by atoms with E-state index in [4.69, 9.17) is 5.73 Å². The monoisotopic (exact) mass is 493 g/mol. The van der Waals surface area contributed by atoms with Gasteiger partial charge in [0, 0.05) is 19.1 Å². The molecule has 150 valence electrons. The first kappa shape index (κ1) is 22.0. The van der Waals surface area contributed by atoms with E-state index in [1.54, 1.807) is 4.68 Å². The average molecular weight is 493 g/mol. The summed E-state index contributed by atoms with van der Waals surface area (Å²) >= 11 is 0. The van der Waals surface area contributed by atoms with Gasteiger partial charge >= 0.3 is 0 Å². The molecule has 1 aliphatic rings. The van der Waals surface area contributed by atoms with Gasteiger partial charge in [-0.15, -0.1) is 24.0 Å². The Morgan fingerprint density at radius 2 is 2.11 bits per heavy atom. The molecule has 4 N–H and O–H groups in total. The zero-order valence-corrected chi connectivity index (χ0v) is 18.7. The second-order valence-corrected chi connectivity index (χ2v) is 6.89. The maximum absolute atomic E-state index is 9.47. The van der Waals surface area contributed by atoms with Crippen LogP contribution < -0.4 is 16.4 Å². The molecule has 2 atom stereocenters. The van der Waals surface area contributed by atoms with Crippen LogP contribution in [-0.4, -0.2) is 34.9 Å².